The zero-order valence-electron chi connectivity index (χ0n) is 7.39. The van der Waals surface area contributed by atoms with Gasteiger partial charge >= 0.3 is 4.87 Å². The first-order valence-electron chi connectivity index (χ1n) is 4.06. The van der Waals surface area contributed by atoms with Crippen molar-refractivity contribution in [2.75, 3.05) is 6.54 Å². The van der Waals surface area contributed by atoms with E-state index in [4.69, 9.17) is 0 Å². The van der Waals surface area contributed by atoms with Crippen molar-refractivity contribution in [3.63, 3.8) is 0 Å². The molecule has 3 nitrogen and oxygen atoms in total. The molecule has 0 saturated carbocycles. The Bertz CT molecular complexity index is 277. The maximum atomic E-state index is 10.7. The van der Waals surface area contributed by atoms with Crippen LogP contribution >= 0.6 is 11.3 Å². The summed E-state index contributed by atoms with van der Waals surface area (Å²) in [6.07, 6.45) is 1.76. The minimum absolute atomic E-state index is 0.0244. The lowest BCUT2D eigenvalue weighted by Crippen LogP contribution is -2.18. The summed E-state index contributed by atoms with van der Waals surface area (Å²) in [5, 5.41) is 3.27. The topological polar surface area (TPSA) is 44.9 Å². The number of aromatic amines is 1. The molecule has 0 bridgehead atoms. The molecule has 1 aromatic heterocycles. The number of thiazole rings is 1. The van der Waals surface area contributed by atoms with E-state index >= 15 is 0 Å². The molecule has 0 aliphatic heterocycles. The predicted octanol–water partition coefficient (Wildman–Crippen LogP) is 1.18. The zero-order chi connectivity index (χ0) is 8.97. The number of nitrogens with one attached hydrogen (secondary N) is 2. The van der Waals surface area contributed by atoms with Crippen molar-refractivity contribution in [1.82, 2.24) is 10.3 Å². The van der Waals surface area contributed by atoms with Crippen LogP contribution in [0.5, 0.6) is 0 Å². The molecule has 0 aliphatic rings. The van der Waals surface area contributed by atoms with Crippen molar-refractivity contribution < 1.29 is 0 Å². The SMILES string of the molecule is CC(C)CNCc1c[nH]c(=O)s1. The first kappa shape index (κ1) is 9.48. The Morgan fingerprint density at radius 3 is 2.92 bits per heavy atom. The van der Waals surface area contributed by atoms with Crippen LogP contribution in [0, 0.1) is 5.92 Å². The van der Waals surface area contributed by atoms with E-state index in [1.54, 1.807) is 6.20 Å². The van der Waals surface area contributed by atoms with Gasteiger partial charge in [-0.2, -0.15) is 0 Å². The van der Waals surface area contributed by atoms with Gasteiger partial charge in [-0.3, -0.25) is 4.79 Å². The summed E-state index contributed by atoms with van der Waals surface area (Å²) in [6.45, 7) is 6.10. The van der Waals surface area contributed by atoms with Gasteiger partial charge in [0.2, 0.25) is 0 Å². The highest BCUT2D eigenvalue weighted by molar-refractivity contribution is 7.09. The molecule has 0 spiro atoms. The van der Waals surface area contributed by atoms with Crippen molar-refractivity contribution in [2.45, 2.75) is 20.4 Å². The van der Waals surface area contributed by atoms with Crippen molar-refractivity contribution in [1.29, 1.82) is 0 Å². The molecular weight excluding hydrogens is 172 g/mol. The number of hydrogen-bond donors (Lipinski definition) is 2. The fourth-order valence-electron chi connectivity index (χ4n) is 0.889. The third-order valence-electron chi connectivity index (χ3n) is 1.43. The van der Waals surface area contributed by atoms with E-state index in [2.05, 4.69) is 24.1 Å². The molecule has 4 heteroatoms. The van der Waals surface area contributed by atoms with Gasteiger partial charge in [0.1, 0.15) is 0 Å². The smallest absolute Gasteiger partial charge is 0.304 e. The van der Waals surface area contributed by atoms with Gasteiger partial charge in [0, 0.05) is 17.6 Å². The standard InChI is InChI=1S/C8H14N2OS/c1-6(2)3-9-4-7-5-10-8(11)12-7/h5-6,9H,3-4H2,1-2H3,(H,10,11). The van der Waals surface area contributed by atoms with Crippen molar-refractivity contribution in [3.05, 3.63) is 20.7 Å². The normalized spacial score (nSPS) is 10.9. The molecular formula is C8H14N2OS. The van der Waals surface area contributed by atoms with Crippen LogP contribution in [0.15, 0.2) is 11.0 Å². The highest BCUT2D eigenvalue weighted by atomic mass is 32.1. The Morgan fingerprint density at radius 1 is 1.67 bits per heavy atom. The second-order valence-corrected chi connectivity index (χ2v) is 4.27. The number of rotatable bonds is 4. The minimum atomic E-state index is 0.0244. The minimum Gasteiger partial charge on any atom is -0.319 e. The van der Waals surface area contributed by atoms with Crippen LogP contribution < -0.4 is 10.2 Å². The Labute approximate surface area is 75.8 Å². The Kier molecular flexibility index (Phi) is 3.49. The van der Waals surface area contributed by atoms with E-state index in [0.29, 0.717) is 5.92 Å². The lowest BCUT2D eigenvalue weighted by molar-refractivity contribution is 0.554. The van der Waals surface area contributed by atoms with Crippen LogP contribution in [-0.2, 0) is 6.54 Å². The van der Waals surface area contributed by atoms with Crippen LogP contribution in [-0.4, -0.2) is 11.5 Å². The van der Waals surface area contributed by atoms with Gasteiger partial charge in [-0.15, -0.1) is 0 Å². The fourth-order valence-corrected chi connectivity index (χ4v) is 1.54. The monoisotopic (exact) mass is 186 g/mol. The molecule has 0 fully saturated rings. The van der Waals surface area contributed by atoms with Crippen molar-refractivity contribution >= 4 is 11.3 Å². The van der Waals surface area contributed by atoms with Crippen LogP contribution in [0.25, 0.3) is 0 Å². The third kappa shape index (κ3) is 3.19. The highest BCUT2D eigenvalue weighted by Crippen LogP contribution is 1.99. The third-order valence-corrected chi connectivity index (χ3v) is 2.25. The van der Waals surface area contributed by atoms with Gasteiger partial charge in [-0.05, 0) is 12.5 Å². The summed E-state index contributed by atoms with van der Waals surface area (Å²) in [5.41, 5.74) is 0. The molecule has 68 valence electrons. The quantitative estimate of drug-likeness (QED) is 0.741. The van der Waals surface area contributed by atoms with E-state index in [1.165, 1.54) is 11.3 Å². The molecule has 0 aliphatic carbocycles. The number of hydrogen-bond acceptors (Lipinski definition) is 3. The second kappa shape index (κ2) is 4.42. The average Bonchev–Trinajstić information content (AvgIpc) is 2.35. The summed E-state index contributed by atoms with van der Waals surface area (Å²) in [7, 11) is 0. The van der Waals surface area contributed by atoms with Crippen LogP contribution in [0.1, 0.15) is 18.7 Å². The molecule has 1 heterocycles. The Morgan fingerprint density at radius 2 is 2.42 bits per heavy atom. The molecule has 0 saturated heterocycles. The summed E-state index contributed by atoms with van der Waals surface area (Å²) in [4.78, 5) is 14.4. The average molecular weight is 186 g/mol. The molecule has 0 atom stereocenters. The van der Waals surface area contributed by atoms with Crippen LogP contribution in [0.3, 0.4) is 0 Å². The lowest BCUT2D eigenvalue weighted by atomic mass is 10.2. The molecule has 1 aromatic rings. The summed E-state index contributed by atoms with van der Waals surface area (Å²) >= 11 is 1.27. The molecule has 0 radical (unpaired) electrons. The van der Waals surface area contributed by atoms with Gasteiger partial charge in [0.25, 0.3) is 0 Å². The van der Waals surface area contributed by atoms with Gasteiger partial charge in [-0.25, -0.2) is 0 Å². The molecule has 12 heavy (non-hydrogen) atoms. The number of H-pyrrole nitrogens is 1. The van der Waals surface area contributed by atoms with Gasteiger partial charge in [-0.1, -0.05) is 25.2 Å². The van der Waals surface area contributed by atoms with Gasteiger partial charge < -0.3 is 10.3 Å². The maximum Gasteiger partial charge on any atom is 0.304 e. The van der Waals surface area contributed by atoms with Crippen molar-refractivity contribution in [2.24, 2.45) is 5.92 Å². The van der Waals surface area contributed by atoms with E-state index < -0.39 is 0 Å². The van der Waals surface area contributed by atoms with Crippen molar-refractivity contribution in [3.8, 4) is 0 Å². The second-order valence-electron chi connectivity index (χ2n) is 3.17. The fraction of sp³-hybridized carbons (Fsp3) is 0.625. The molecule has 0 amide bonds. The molecule has 2 N–H and O–H groups in total. The van der Waals surface area contributed by atoms with Gasteiger partial charge in [0.05, 0.1) is 0 Å². The predicted molar refractivity (Wildman–Crippen MR) is 51.5 cm³/mol. The first-order chi connectivity index (χ1) is 5.68. The molecule has 1 rings (SSSR count). The Balaban J connectivity index is 2.29. The van der Waals surface area contributed by atoms with Crippen LogP contribution in [0.2, 0.25) is 0 Å². The first-order valence-corrected chi connectivity index (χ1v) is 4.88. The zero-order valence-corrected chi connectivity index (χ0v) is 8.20. The number of aromatic nitrogens is 1. The molecule has 0 unspecified atom stereocenters. The molecule has 0 aromatic carbocycles. The lowest BCUT2D eigenvalue weighted by Gasteiger charge is -2.04. The summed E-state index contributed by atoms with van der Waals surface area (Å²) in [6, 6.07) is 0. The van der Waals surface area contributed by atoms with E-state index in [0.717, 1.165) is 18.0 Å². The van der Waals surface area contributed by atoms with E-state index in [-0.39, 0.29) is 4.87 Å². The van der Waals surface area contributed by atoms with Crippen LogP contribution in [0.4, 0.5) is 0 Å². The summed E-state index contributed by atoms with van der Waals surface area (Å²) in [5.74, 6) is 0.653. The maximum absolute atomic E-state index is 10.7. The largest absolute Gasteiger partial charge is 0.319 e. The Hall–Kier alpha value is -0.610. The van der Waals surface area contributed by atoms with Gasteiger partial charge in [0.15, 0.2) is 0 Å². The van der Waals surface area contributed by atoms with E-state index in [1.807, 2.05) is 0 Å². The summed E-state index contributed by atoms with van der Waals surface area (Å²) < 4.78 is 0. The highest BCUT2D eigenvalue weighted by Gasteiger charge is 1.97. The van der Waals surface area contributed by atoms with E-state index in [9.17, 15) is 4.79 Å².